The second-order valence-electron chi connectivity index (χ2n) is 3.87. The number of pyridine rings is 1. The summed E-state index contributed by atoms with van der Waals surface area (Å²) in [5.74, 6) is -0.420. The van der Waals surface area contributed by atoms with Crippen molar-refractivity contribution < 1.29 is 23.0 Å². The van der Waals surface area contributed by atoms with Crippen molar-refractivity contribution in [2.45, 2.75) is 12.8 Å². The van der Waals surface area contributed by atoms with E-state index in [0.717, 1.165) is 6.07 Å². The van der Waals surface area contributed by atoms with Crippen molar-refractivity contribution in [1.82, 2.24) is 4.98 Å². The third-order valence-electron chi connectivity index (χ3n) is 2.47. The quantitative estimate of drug-likeness (QED) is 0.906. The van der Waals surface area contributed by atoms with Crippen LogP contribution in [0.1, 0.15) is 11.1 Å². The number of alkyl halides is 3. The number of para-hydroxylation sites is 1. The Morgan fingerprint density at radius 1 is 1.25 bits per heavy atom. The molecular formula is C13H9BrF3NO2. The lowest BCUT2D eigenvalue weighted by Crippen LogP contribution is -2.09. The van der Waals surface area contributed by atoms with Crippen molar-refractivity contribution in [1.29, 1.82) is 0 Å². The maximum atomic E-state index is 12.9. The molecule has 0 atom stereocenters. The number of aliphatic hydroxyl groups is 1. The molecule has 1 N–H and O–H groups in total. The Labute approximate surface area is 121 Å². The van der Waals surface area contributed by atoms with Gasteiger partial charge in [-0.15, -0.1) is 0 Å². The van der Waals surface area contributed by atoms with E-state index in [9.17, 15) is 13.2 Å². The van der Waals surface area contributed by atoms with Crippen molar-refractivity contribution in [3.63, 3.8) is 0 Å². The first-order valence-electron chi connectivity index (χ1n) is 5.51. The molecule has 3 nitrogen and oxygen atoms in total. The summed E-state index contributed by atoms with van der Waals surface area (Å²) in [6, 6.07) is 7.17. The average molecular weight is 348 g/mol. The van der Waals surface area contributed by atoms with Crippen LogP contribution < -0.4 is 4.74 Å². The summed E-state index contributed by atoms with van der Waals surface area (Å²) >= 11 is 2.94. The lowest BCUT2D eigenvalue weighted by molar-refractivity contribution is -0.138. The molecule has 0 saturated heterocycles. The molecule has 0 amide bonds. The van der Waals surface area contributed by atoms with Crippen molar-refractivity contribution in [2.75, 3.05) is 0 Å². The molecule has 0 aliphatic carbocycles. The summed E-state index contributed by atoms with van der Waals surface area (Å²) < 4.78 is 44.2. The fraction of sp³-hybridized carbons (Fsp3) is 0.154. The lowest BCUT2D eigenvalue weighted by Gasteiger charge is -2.14. The molecule has 1 aromatic heterocycles. The van der Waals surface area contributed by atoms with E-state index in [1.54, 1.807) is 18.2 Å². The maximum Gasteiger partial charge on any atom is 0.421 e. The molecular weight excluding hydrogens is 339 g/mol. The van der Waals surface area contributed by atoms with Crippen LogP contribution in [0.25, 0.3) is 0 Å². The summed E-state index contributed by atoms with van der Waals surface area (Å²) in [5.41, 5.74) is -0.607. The summed E-state index contributed by atoms with van der Waals surface area (Å²) in [6.07, 6.45) is -3.37. The molecule has 0 fully saturated rings. The van der Waals surface area contributed by atoms with Crippen LogP contribution in [-0.2, 0) is 12.8 Å². The zero-order chi connectivity index (χ0) is 14.8. The van der Waals surface area contributed by atoms with Gasteiger partial charge in [-0.25, -0.2) is 4.98 Å². The van der Waals surface area contributed by atoms with E-state index in [0.29, 0.717) is 5.56 Å². The zero-order valence-corrected chi connectivity index (χ0v) is 11.6. The van der Waals surface area contributed by atoms with Crippen molar-refractivity contribution in [2.24, 2.45) is 0 Å². The Balaban J connectivity index is 2.44. The van der Waals surface area contributed by atoms with Gasteiger partial charge in [0.1, 0.15) is 11.3 Å². The lowest BCUT2D eigenvalue weighted by atomic mass is 10.2. The molecule has 0 aliphatic heterocycles. The molecule has 0 saturated carbocycles. The van der Waals surface area contributed by atoms with Crippen LogP contribution in [-0.4, -0.2) is 10.1 Å². The summed E-state index contributed by atoms with van der Waals surface area (Å²) in [6.45, 7) is -0.339. The highest BCUT2D eigenvalue weighted by Gasteiger charge is 2.36. The summed E-state index contributed by atoms with van der Waals surface area (Å²) in [4.78, 5) is 3.64. The number of benzene rings is 1. The first kappa shape index (κ1) is 14.8. The van der Waals surface area contributed by atoms with E-state index in [1.165, 1.54) is 12.3 Å². The van der Waals surface area contributed by atoms with Gasteiger partial charge in [-0.3, -0.25) is 0 Å². The molecule has 7 heteroatoms. The van der Waals surface area contributed by atoms with Gasteiger partial charge in [0.05, 0.1) is 6.61 Å². The van der Waals surface area contributed by atoms with Crippen LogP contribution in [0.4, 0.5) is 13.2 Å². The monoisotopic (exact) mass is 347 g/mol. The largest absolute Gasteiger partial charge is 0.438 e. The topological polar surface area (TPSA) is 42.4 Å². The number of aliphatic hydroxyl groups excluding tert-OH is 1. The minimum absolute atomic E-state index is 0.135. The third kappa shape index (κ3) is 3.29. The maximum absolute atomic E-state index is 12.9. The van der Waals surface area contributed by atoms with Gasteiger partial charge in [0.25, 0.3) is 0 Å². The van der Waals surface area contributed by atoms with E-state index < -0.39 is 17.6 Å². The third-order valence-corrected chi connectivity index (χ3v) is 2.91. The van der Waals surface area contributed by atoms with Gasteiger partial charge in [0.2, 0.25) is 5.88 Å². The first-order valence-corrected chi connectivity index (χ1v) is 6.30. The SMILES string of the molecule is OCc1ccccc1Oc1ncc(Br)cc1C(F)(F)F. The van der Waals surface area contributed by atoms with Gasteiger partial charge in [-0.1, -0.05) is 18.2 Å². The van der Waals surface area contributed by atoms with Gasteiger partial charge in [0, 0.05) is 16.2 Å². The van der Waals surface area contributed by atoms with E-state index in [1.807, 2.05) is 0 Å². The Kier molecular flexibility index (Phi) is 4.29. The van der Waals surface area contributed by atoms with Crippen LogP contribution >= 0.6 is 15.9 Å². The van der Waals surface area contributed by atoms with Gasteiger partial charge >= 0.3 is 6.18 Å². The van der Waals surface area contributed by atoms with E-state index in [2.05, 4.69) is 20.9 Å². The smallest absolute Gasteiger partial charge is 0.421 e. The van der Waals surface area contributed by atoms with E-state index >= 15 is 0 Å². The summed E-state index contributed by atoms with van der Waals surface area (Å²) in [7, 11) is 0. The molecule has 0 spiro atoms. The molecule has 1 aromatic carbocycles. The molecule has 0 unspecified atom stereocenters. The minimum atomic E-state index is -4.58. The number of hydrogen-bond donors (Lipinski definition) is 1. The number of aromatic nitrogens is 1. The highest BCUT2D eigenvalue weighted by atomic mass is 79.9. The highest BCUT2D eigenvalue weighted by Crippen LogP contribution is 2.38. The minimum Gasteiger partial charge on any atom is -0.438 e. The van der Waals surface area contributed by atoms with Crippen molar-refractivity contribution >= 4 is 15.9 Å². The Hall–Kier alpha value is -1.60. The summed E-state index contributed by atoms with van der Waals surface area (Å²) in [5, 5.41) is 9.14. The molecule has 0 radical (unpaired) electrons. The van der Waals surface area contributed by atoms with Gasteiger partial charge in [-0.05, 0) is 28.1 Å². The molecule has 0 bridgehead atoms. The van der Waals surface area contributed by atoms with Crippen molar-refractivity contribution in [3.05, 3.63) is 52.1 Å². The second-order valence-corrected chi connectivity index (χ2v) is 4.79. The van der Waals surface area contributed by atoms with E-state index in [4.69, 9.17) is 9.84 Å². The van der Waals surface area contributed by atoms with Crippen LogP contribution in [0.15, 0.2) is 41.0 Å². The average Bonchev–Trinajstić information content (AvgIpc) is 2.40. The number of halogens is 4. The van der Waals surface area contributed by atoms with Gasteiger partial charge in [-0.2, -0.15) is 13.2 Å². The van der Waals surface area contributed by atoms with Crippen LogP contribution in [0.3, 0.4) is 0 Å². The van der Waals surface area contributed by atoms with Crippen molar-refractivity contribution in [3.8, 4) is 11.6 Å². The fourth-order valence-corrected chi connectivity index (χ4v) is 1.88. The van der Waals surface area contributed by atoms with E-state index in [-0.39, 0.29) is 16.8 Å². The standard InChI is InChI=1S/C13H9BrF3NO2/c14-9-5-10(13(15,16)17)12(18-6-9)20-11-4-2-1-3-8(11)7-19/h1-6,19H,7H2. The molecule has 2 rings (SSSR count). The molecule has 0 aliphatic rings. The highest BCUT2D eigenvalue weighted by molar-refractivity contribution is 9.10. The molecule has 106 valence electrons. The first-order chi connectivity index (χ1) is 9.41. The van der Waals surface area contributed by atoms with Gasteiger partial charge < -0.3 is 9.84 Å². The normalized spacial score (nSPS) is 11.4. The Bertz CT molecular complexity index is 617. The predicted octanol–water partition coefficient (Wildman–Crippen LogP) is 4.15. The van der Waals surface area contributed by atoms with Crippen LogP contribution in [0.2, 0.25) is 0 Å². The number of ether oxygens (including phenoxy) is 1. The van der Waals surface area contributed by atoms with Gasteiger partial charge in [0.15, 0.2) is 0 Å². The molecule has 1 heterocycles. The number of rotatable bonds is 3. The molecule has 2 aromatic rings. The van der Waals surface area contributed by atoms with Crippen LogP contribution in [0.5, 0.6) is 11.6 Å². The Morgan fingerprint density at radius 3 is 2.60 bits per heavy atom. The Morgan fingerprint density at radius 2 is 1.95 bits per heavy atom. The molecule has 20 heavy (non-hydrogen) atoms. The zero-order valence-electron chi connectivity index (χ0n) is 9.99. The fourth-order valence-electron chi connectivity index (χ4n) is 1.55. The second kappa shape index (κ2) is 5.80. The number of hydrogen-bond acceptors (Lipinski definition) is 3. The predicted molar refractivity (Wildman–Crippen MR) is 69.4 cm³/mol. The van der Waals surface area contributed by atoms with Crippen LogP contribution in [0, 0.1) is 0 Å². The number of nitrogens with zero attached hydrogens (tertiary/aromatic N) is 1.